The Morgan fingerprint density at radius 3 is 2.89 bits per heavy atom. The van der Waals surface area contributed by atoms with Gasteiger partial charge in [-0.1, -0.05) is 24.3 Å². The van der Waals surface area contributed by atoms with Crippen LogP contribution in [0.2, 0.25) is 0 Å². The van der Waals surface area contributed by atoms with E-state index in [2.05, 4.69) is 44.6 Å². The Bertz CT molecular complexity index is 771. The number of hydrogen-bond acceptors (Lipinski definition) is 4. The first kappa shape index (κ1) is 19.0. The van der Waals surface area contributed by atoms with Crippen LogP contribution < -0.4 is 5.32 Å². The number of nitrogens with zero attached hydrogens (tertiary/aromatic N) is 4. The standard InChI is InChI=1S/C21H29N5O2/c1-22-21(25-10-12-28-20(16-25)19-7-3-11-27-19)23-14-17-5-2-6-18(13-17)15-26-9-4-8-24-26/h2,4-6,8-9,13,19-20H,3,7,10-12,14-16H2,1H3,(H,22,23). The molecule has 7 nitrogen and oxygen atoms in total. The fourth-order valence-corrected chi connectivity index (χ4v) is 3.92. The van der Waals surface area contributed by atoms with Crippen LogP contribution >= 0.6 is 0 Å². The lowest BCUT2D eigenvalue weighted by molar-refractivity contribution is -0.0817. The van der Waals surface area contributed by atoms with Crippen molar-refractivity contribution in [2.75, 3.05) is 33.4 Å². The monoisotopic (exact) mass is 383 g/mol. The second kappa shape index (κ2) is 9.21. The maximum atomic E-state index is 5.96. The minimum absolute atomic E-state index is 0.132. The molecule has 0 amide bonds. The lowest BCUT2D eigenvalue weighted by Gasteiger charge is -2.37. The van der Waals surface area contributed by atoms with Crippen molar-refractivity contribution >= 4 is 5.96 Å². The predicted molar refractivity (Wildman–Crippen MR) is 108 cm³/mol. The van der Waals surface area contributed by atoms with Crippen LogP contribution in [0, 0.1) is 0 Å². The molecular formula is C21H29N5O2. The number of ether oxygens (including phenoxy) is 2. The summed E-state index contributed by atoms with van der Waals surface area (Å²) in [5, 5.41) is 7.79. The van der Waals surface area contributed by atoms with E-state index in [4.69, 9.17) is 9.47 Å². The average molecular weight is 383 g/mol. The van der Waals surface area contributed by atoms with Crippen molar-refractivity contribution in [3.05, 3.63) is 53.9 Å². The van der Waals surface area contributed by atoms with Crippen molar-refractivity contribution in [3.8, 4) is 0 Å². The van der Waals surface area contributed by atoms with E-state index in [1.807, 2.05) is 30.2 Å². The Balaban J connectivity index is 1.34. The fraction of sp³-hybridized carbons (Fsp3) is 0.524. The Kier molecular flexibility index (Phi) is 6.24. The molecule has 0 bridgehead atoms. The van der Waals surface area contributed by atoms with Gasteiger partial charge < -0.3 is 19.7 Å². The highest BCUT2D eigenvalue weighted by Gasteiger charge is 2.32. The van der Waals surface area contributed by atoms with Crippen LogP contribution in [0.5, 0.6) is 0 Å². The molecule has 28 heavy (non-hydrogen) atoms. The van der Waals surface area contributed by atoms with Gasteiger partial charge in [-0.15, -0.1) is 0 Å². The molecule has 4 rings (SSSR count). The third-order valence-electron chi connectivity index (χ3n) is 5.33. The summed E-state index contributed by atoms with van der Waals surface area (Å²) in [7, 11) is 1.84. The van der Waals surface area contributed by atoms with Crippen LogP contribution in [-0.4, -0.2) is 66.2 Å². The molecule has 150 valence electrons. The molecule has 0 spiro atoms. The minimum atomic E-state index is 0.132. The average Bonchev–Trinajstić information content (AvgIpc) is 3.43. The first-order chi connectivity index (χ1) is 13.8. The Morgan fingerprint density at radius 1 is 1.21 bits per heavy atom. The van der Waals surface area contributed by atoms with Gasteiger partial charge in [0.1, 0.15) is 6.10 Å². The number of hydrogen-bond donors (Lipinski definition) is 1. The summed E-state index contributed by atoms with van der Waals surface area (Å²) in [6.07, 6.45) is 6.36. The van der Waals surface area contributed by atoms with Gasteiger partial charge in [-0.2, -0.15) is 5.10 Å². The van der Waals surface area contributed by atoms with Crippen molar-refractivity contribution in [2.45, 2.75) is 38.1 Å². The molecule has 1 aromatic carbocycles. The van der Waals surface area contributed by atoms with Gasteiger partial charge in [-0.25, -0.2) is 0 Å². The summed E-state index contributed by atoms with van der Waals surface area (Å²) in [4.78, 5) is 6.77. The van der Waals surface area contributed by atoms with Crippen LogP contribution in [-0.2, 0) is 22.6 Å². The van der Waals surface area contributed by atoms with E-state index < -0.39 is 0 Å². The lowest BCUT2D eigenvalue weighted by Crippen LogP contribution is -2.53. The smallest absolute Gasteiger partial charge is 0.194 e. The maximum Gasteiger partial charge on any atom is 0.194 e. The molecule has 2 fully saturated rings. The molecule has 0 radical (unpaired) electrons. The molecule has 1 aromatic heterocycles. The first-order valence-corrected chi connectivity index (χ1v) is 10.1. The van der Waals surface area contributed by atoms with Crippen LogP contribution in [0.4, 0.5) is 0 Å². The molecule has 7 heteroatoms. The van der Waals surface area contributed by atoms with Crippen molar-refractivity contribution in [1.29, 1.82) is 0 Å². The number of rotatable bonds is 5. The largest absolute Gasteiger partial charge is 0.375 e. The van der Waals surface area contributed by atoms with Gasteiger partial charge in [0.15, 0.2) is 5.96 Å². The summed E-state index contributed by atoms with van der Waals surface area (Å²) < 4.78 is 13.7. The van der Waals surface area contributed by atoms with Gasteiger partial charge in [-0.05, 0) is 30.0 Å². The van der Waals surface area contributed by atoms with E-state index in [1.54, 1.807) is 0 Å². The summed E-state index contributed by atoms with van der Waals surface area (Å²) in [5.74, 6) is 0.920. The molecule has 2 saturated heterocycles. The van der Waals surface area contributed by atoms with Gasteiger partial charge in [-0.3, -0.25) is 9.67 Å². The summed E-state index contributed by atoms with van der Waals surface area (Å²) in [6, 6.07) is 10.5. The maximum absolute atomic E-state index is 5.96. The van der Waals surface area contributed by atoms with Crippen LogP contribution in [0.25, 0.3) is 0 Å². The number of aliphatic imine (C=N–C) groups is 1. The van der Waals surface area contributed by atoms with Gasteiger partial charge in [0, 0.05) is 45.7 Å². The van der Waals surface area contributed by atoms with Crippen molar-refractivity contribution in [1.82, 2.24) is 20.0 Å². The van der Waals surface area contributed by atoms with Gasteiger partial charge >= 0.3 is 0 Å². The Labute approximate surface area is 166 Å². The van der Waals surface area contributed by atoms with Crippen LogP contribution in [0.15, 0.2) is 47.7 Å². The lowest BCUT2D eigenvalue weighted by atomic mass is 10.1. The third-order valence-corrected chi connectivity index (χ3v) is 5.33. The van der Waals surface area contributed by atoms with Gasteiger partial charge in [0.05, 0.1) is 19.3 Å². The van der Waals surface area contributed by atoms with E-state index in [9.17, 15) is 0 Å². The second-order valence-corrected chi connectivity index (χ2v) is 7.33. The Hall–Kier alpha value is -2.38. The molecule has 2 aliphatic heterocycles. The first-order valence-electron chi connectivity index (χ1n) is 10.1. The Morgan fingerprint density at radius 2 is 2.11 bits per heavy atom. The normalized spacial score (nSPS) is 23.2. The number of guanidine groups is 1. The van der Waals surface area contributed by atoms with E-state index in [0.717, 1.165) is 51.6 Å². The zero-order chi connectivity index (χ0) is 19.2. The van der Waals surface area contributed by atoms with Crippen molar-refractivity contribution in [2.24, 2.45) is 4.99 Å². The topological polar surface area (TPSA) is 63.9 Å². The zero-order valence-electron chi connectivity index (χ0n) is 16.5. The highest BCUT2D eigenvalue weighted by Crippen LogP contribution is 2.21. The molecule has 2 aromatic rings. The highest BCUT2D eigenvalue weighted by molar-refractivity contribution is 5.80. The van der Waals surface area contributed by atoms with E-state index in [0.29, 0.717) is 6.61 Å². The number of morpholine rings is 1. The number of nitrogens with one attached hydrogen (secondary N) is 1. The molecule has 2 aliphatic rings. The number of aromatic nitrogens is 2. The molecule has 2 atom stereocenters. The molecule has 0 saturated carbocycles. The van der Waals surface area contributed by atoms with Crippen molar-refractivity contribution in [3.63, 3.8) is 0 Å². The summed E-state index contributed by atoms with van der Waals surface area (Å²) >= 11 is 0. The van der Waals surface area contributed by atoms with E-state index in [1.165, 1.54) is 11.1 Å². The SMILES string of the molecule is CN=C(NCc1cccc(Cn2cccn2)c1)N1CCOC(C2CCCO2)C1. The van der Waals surface area contributed by atoms with Gasteiger partial charge in [0.25, 0.3) is 0 Å². The molecule has 3 heterocycles. The molecule has 2 unspecified atom stereocenters. The fourth-order valence-electron chi connectivity index (χ4n) is 3.92. The molecular weight excluding hydrogens is 354 g/mol. The zero-order valence-corrected chi connectivity index (χ0v) is 16.5. The van der Waals surface area contributed by atoms with E-state index >= 15 is 0 Å². The van der Waals surface area contributed by atoms with Crippen molar-refractivity contribution < 1.29 is 9.47 Å². The minimum Gasteiger partial charge on any atom is -0.375 e. The summed E-state index contributed by atoms with van der Waals surface area (Å²) in [6.45, 7) is 4.76. The van der Waals surface area contributed by atoms with Crippen LogP contribution in [0.1, 0.15) is 24.0 Å². The number of benzene rings is 1. The second-order valence-electron chi connectivity index (χ2n) is 7.33. The van der Waals surface area contributed by atoms with E-state index in [-0.39, 0.29) is 12.2 Å². The molecule has 0 aliphatic carbocycles. The highest BCUT2D eigenvalue weighted by atomic mass is 16.5. The van der Waals surface area contributed by atoms with Gasteiger partial charge in [0.2, 0.25) is 0 Å². The predicted octanol–water partition coefficient (Wildman–Crippen LogP) is 1.89. The molecule has 1 N–H and O–H groups in total. The quantitative estimate of drug-likeness (QED) is 0.631. The van der Waals surface area contributed by atoms with Crippen LogP contribution in [0.3, 0.4) is 0 Å². The summed E-state index contributed by atoms with van der Waals surface area (Å²) in [5.41, 5.74) is 2.47. The third kappa shape index (κ3) is 4.72.